The SMILES string of the molecule is CCCCCCCC1CCC(C2CCC(CCC(F)(F)C(F)(F)C(F)(F)F)CC2)CC1. The maximum absolute atomic E-state index is 13.5. The predicted octanol–water partition coefficient (Wildman–Crippen LogP) is 9.57. The summed E-state index contributed by atoms with van der Waals surface area (Å²) in [6, 6.07) is 0. The molecule has 0 heterocycles. The minimum atomic E-state index is -6.22. The monoisotopic (exact) mass is 460 g/mol. The summed E-state index contributed by atoms with van der Waals surface area (Å²) in [7, 11) is 0. The van der Waals surface area contributed by atoms with Gasteiger partial charge in [0.1, 0.15) is 0 Å². The summed E-state index contributed by atoms with van der Waals surface area (Å²) < 4.78 is 90.0. The van der Waals surface area contributed by atoms with E-state index in [2.05, 4.69) is 6.92 Å². The van der Waals surface area contributed by atoms with E-state index in [-0.39, 0.29) is 12.3 Å². The Kier molecular flexibility index (Phi) is 10.00. The molecule has 0 nitrogen and oxygen atoms in total. The first-order valence-corrected chi connectivity index (χ1v) is 12.3. The topological polar surface area (TPSA) is 0 Å². The molecule has 2 saturated carbocycles. The molecular formula is C24H39F7. The molecule has 0 bridgehead atoms. The lowest BCUT2D eigenvalue weighted by Gasteiger charge is -2.38. The Bertz CT molecular complexity index is 499. The summed E-state index contributed by atoms with van der Waals surface area (Å²) in [5, 5.41) is 0. The van der Waals surface area contributed by atoms with Gasteiger partial charge in [-0.15, -0.1) is 0 Å². The van der Waals surface area contributed by atoms with Gasteiger partial charge in [-0.3, -0.25) is 0 Å². The van der Waals surface area contributed by atoms with E-state index in [9.17, 15) is 30.7 Å². The van der Waals surface area contributed by atoms with Gasteiger partial charge in [-0.05, 0) is 55.8 Å². The minimum absolute atomic E-state index is 0.175. The molecule has 0 N–H and O–H groups in total. The zero-order valence-electron chi connectivity index (χ0n) is 18.8. The molecule has 0 amide bonds. The average Bonchev–Trinajstić information content (AvgIpc) is 2.72. The van der Waals surface area contributed by atoms with Crippen molar-refractivity contribution in [2.24, 2.45) is 23.7 Å². The largest absolute Gasteiger partial charge is 0.459 e. The molecule has 0 aromatic heterocycles. The Morgan fingerprint density at radius 3 is 1.48 bits per heavy atom. The van der Waals surface area contributed by atoms with Crippen molar-refractivity contribution < 1.29 is 30.7 Å². The van der Waals surface area contributed by atoms with Crippen LogP contribution in [0.1, 0.15) is 110 Å². The quantitative estimate of drug-likeness (QED) is 0.213. The molecule has 2 fully saturated rings. The molecule has 7 heteroatoms. The highest BCUT2D eigenvalue weighted by Gasteiger charge is 2.72. The number of hydrogen-bond acceptors (Lipinski definition) is 0. The van der Waals surface area contributed by atoms with Crippen LogP contribution in [0.5, 0.6) is 0 Å². The molecule has 31 heavy (non-hydrogen) atoms. The van der Waals surface area contributed by atoms with Gasteiger partial charge in [-0.1, -0.05) is 71.1 Å². The summed E-state index contributed by atoms with van der Waals surface area (Å²) >= 11 is 0. The second kappa shape index (κ2) is 11.6. The molecule has 2 aliphatic carbocycles. The molecular weight excluding hydrogens is 421 g/mol. The summed E-state index contributed by atoms with van der Waals surface area (Å²) in [6.07, 6.45) is 8.02. The van der Waals surface area contributed by atoms with Crippen LogP contribution in [0.3, 0.4) is 0 Å². The Morgan fingerprint density at radius 2 is 1.03 bits per heavy atom. The third kappa shape index (κ3) is 7.52. The van der Waals surface area contributed by atoms with Gasteiger partial charge in [0, 0.05) is 6.42 Å². The third-order valence-corrected chi connectivity index (χ3v) is 7.85. The van der Waals surface area contributed by atoms with Crippen LogP contribution in [0.15, 0.2) is 0 Å². The maximum Gasteiger partial charge on any atom is 0.459 e. The van der Waals surface area contributed by atoms with Gasteiger partial charge in [0.2, 0.25) is 0 Å². The van der Waals surface area contributed by atoms with E-state index in [0.29, 0.717) is 24.7 Å². The molecule has 0 atom stereocenters. The van der Waals surface area contributed by atoms with Crippen LogP contribution in [0.25, 0.3) is 0 Å². The van der Waals surface area contributed by atoms with Crippen LogP contribution in [-0.2, 0) is 0 Å². The Balaban J connectivity index is 1.66. The van der Waals surface area contributed by atoms with Gasteiger partial charge in [-0.2, -0.15) is 30.7 Å². The van der Waals surface area contributed by atoms with Crippen molar-refractivity contribution in [1.82, 2.24) is 0 Å². The summed E-state index contributed by atoms with van der Waals surface area (Å²) in [5.74, 6) is -9.15. The fourth-order valence-electron chi connectivity index (χ4n) is 5.68. The van der Waals surface area contributed by atoms with Crippen molar-refractivity contribution in [2.75, 3.05) is 0 Å². The fourth-order valence-corrected chi connectivity index (χ4v) is 5.68. The molecule has 0 aromatic carbocycles. The van der Waals surface area contributed by atoms with E-state index in [1.165, 1.54) is 64.2 Å². The summed E-state index contributed by atoms with van der Waals surface area (Å²) in [6.45, 7) is 2.22. The molecule has 0 aliphatic heterocycles. The Morgan fingerprint density at radius 1 is 0.581 bits per heavy atom. The first-order valence-electron chi connectivity index (χ1n) is 12.3. The third-order valence-electron chi connectivity index (χ3n) is 7.85. The lowest BCUT2D eigenvalue weighted by Crippen LogP contribution is -2.52. The number of unbranched alkanes of at least 4 members (excludes halogenated alkanes) is 4. The molecule has 0 aromatic rings. The van der Waals surface area contributed by atoms with Gasteiger partial charge in [0.25, 0.3) is 0 Å². The van der Waals surface area contributed by atoms with Crippen LogP contribution in [-0.4, -0.2) is 18.0 Å². The van der Waals surface area contributed by atoms with Crippen LogP contribution >= 0.6 is 0 Å². The molecule has 0 saturated heterocycles. The molecule has 0 unspecified atom stereocenters. The van der Waals surface area contributed by atoms with E-state index in [1.54, 1.807) is 0 Å². The van der Waals surface area contributed by atoms with Crippen LogP contribution < -0.4 is 0 Å². The molecule has 184 valence electrons. The summed E-state index contributed by atoms with van der Waals surface area (Å²) in [4.78, 5) is 0. The van der Waals surface area contributed by atoms with Crippen LogP contribution in [0.2, 0.25) is 0 Å². The van der Waals surface area contributed by atoms with Gasteiger partial charge >= 0.3 is 18.0 Å². The molecule has 2 rings (SSSR count). The van der Waals surface area contributed by atoms with E-state index >= 15 is 0 Å². The average molecular weight is 461 g/mol. The number of hydrogen-bond donors (Lipinski definition) is 0. The highest BCUT2D eigenvalue weighted by molar-refractivity contribution is 4.92. The Hall–Kier alpha value is -0.490. The number of rotatable bonds is 11. The Labute approximate surface area is 182 Å². The van der Waals surface area contributed by atoms with Gasteiger partial charge in [-0.25, -0.2) is 0 Å². The highest BCUT2D eigenvalue weighted by Crippen LogP contribution is 2.50. The fraction of sp³-hybridized carbons (Fsp3) is 1.00. The number of halogens is 7. The van der Waals surface area contributed by atoms with Crippen molar-refractivity contribution in [3.05, 3.63) is 0 Å². The normalized spacial score (nSPS) is 28.6. The standard InChI is InChI=1S/C24H39F7/c1-2-3-4-5-6-7-18-8-12-20(13-9-18)21-14-10-19(11-15-21)16-17-22(25,26)23(27,28)24(29,30)31/h18-21H,2-17H2,1H3. The second-order valence-corrected chi connectivity index (χ2v) is 10.1. The van der Waals surface area contributed by atoms with E-state index in [4.69, 9.17) is 0 Å². The maximum atomic E-state index is 13.5. The zero-order chi connectivity index (χ0) is 23.1. The predicted molar refractivity (Wildman–Crippen MR) is 109 cm³/mol. The van der Waals surface area contributed by atoms with Crippen LogP contribution in [0, 0.1) is 23.7 Å². The van der Waals surface area contributed by atoms with E-state index in [1.807, 2.05) is 0 Å². The molecule has 0 spiro atoms. The van der Waals surface area contributed by atoms with Crippen LogP contribution in [0.4, 0.5) is 30.7 Å². The molecule has 0 radical (unpaired) electrons. The molecule has 2 aliphatic rings. The van der Waals surface area contributed by atoms with Crippen molar-refractivity contribution in [3.63, 3.8) is 0 Å². The van der Waals surface area contributed by atoms with Crippen molar-refractivity contribution >= 4 is 0 Å². The lowest BCUT2D eigenvalue weighted by atomic mass is 9.68. The summed E-state index contributed by atoms with van der Waals surface area (Å²) in [5.41, 5.74) is 0. The van der Waals surface area contributed by atoms with Crippen molar-refractivity contribution in [2.45, 2.75) is 128 Å². The van der Waals surface area contributed by atoms with Crippen molar-refractivity contribution in [3.8, 4) is 0 Å². The first kappa shape index (κ1) is 26.8. The highest BCUT2D eigenvalue weighted by atomic mass is 19.4. The lowest BCUT2D eigenvalue weighted by molar-refractivity contribution is -0.356. The minimum Gasteiger partial charge on any atom is -0.200 e. The smallest absolute Gasteiger partial charge is 0.200 e. The first-order chi connectivity index (χ1) is 14.5. The van der Waals surface area contributed by atoms with Gasteiger partial charge in [0.15, 0.2) is 0 Å². The van der Waals surface area contributed by atoms with E-state index in [0.717, 1.165) is 18.8 Å². The van der Waals surface area contributed by atoms with E-state index < -0.39 is 24.4 Å². The van der Waals surface area contributed by atoms with Gasteiger partial charge in [0.05, 0.1) is 0 Å². The number of alkyl halides is 7. The van der Waals surface area contributed by atoms with Crippen molar-refractivity contribution in [1.29, 1.82) is 0 Å². The zero-order valence-corrected chi connectivity index (χ0v) is 18.8. The second-order valence-electron chi connectivity index (χ2n) is 10.1. The van der Waals surface area contributed by atoms with Gasteiger partial charge < -0.3 is 0 Å².